The Balaban J connectivity index is 2.82. The number of nitrogens with one attached hydrogen (secondary N) is 2. The molecule has 0 saturated heterocycles. The first-order chi connectivity index (χ1) is 9.52. The molecule has 0 spiro atoms. The molecular formula is C13H18N2O5S. The summed E-state index contributed by atoms with van der Waals surface area (Å²) in [5, 5.41) is 11.6. The third-order valence-electron chi connectivity index (χ3n) is 2.55. The van der Waals surface area contributed by atoms with Gasteiger partial charge in [-0.15, -0.1) is 0 Å². The highest BCUT2D eigenvalue weighted by Crippen LogP contribution is 2.09. The van der Waals surface area contributed by atoms with E-state index < -0.39 is 27.4 Å². The molecule has 0 atom stereocenters. The second-order valence-electron chi connectivity index (χ2n) is 5.29. The summed E-state index contributed by atoms with van der Waals surface area (Å²) in [4.78, 5) is 23.1. The average molecular weight is 314 g/mol. The van der Waals surface area contributed by atoms with Gasteiger partial charge in [0, 0.05) is 12.1 Å². The predicted molar refractivity (Wildman–Crippen MR) is 77.8 cm³/mol. The zero-order valence-electron chi connectivity index (χ0n) is 12.0. The summed E-state index contributed by atoms with van der Waals surface area (Å²) in [6.45, 7) is 3.24. The highest BCUT2D eigenvalue weighted by molar-refractivity contribution is 7.88. The molecule has 0 unspecified atom stereocenters. The first-order valence-electron chi connectivity index (χ1n) is 6.11. The molecule has 8 heteroatoms. The fourth-order valence-corrected chi connectivity index (χ4v) is 2.88. The number of carboxylic acid groups (broad SMARTS) is 1. The Morgan fingerprint density at radius 3 is 2.19 bits per heavy atom. The lowest BCUT2D eigenvalue weighted by molar-refractivity contribution is 0.0691. The standard InChI is InChI=1S/C13H18N2O5S/c1-13(2,15-21(3,19)20)8-14-11(16)9-6-4-5-7-10(9)12(17)18/h4-7,15H,8H2,1-3H3,(H,14,16)(H,17,18). The van der Waals surface area contributed by atoms with Gasteiger partial charge >= 0.3 is 5.97 Å². The SMILES string of the molecule is CC(C)(CNC(=O)c1ccccc1C(=O)O)NS(C)(=O)=O. The van der Waals surface area contributed by atoms with Crippen molar-refractivity contribution in [2.75, 3.05) is 12.8 Å². The van der Waals surface area contributed by atoms with Gasteiger partial charge in [-0.1, -0.05) is 12.1 Å². The number of aromatic carboxylic acids is 1. The number of carboxylic acids is 1. The Morgan fingerprint density at radius 2 is 1.71 bits per heavy atom. The average Bonchev–Trinajstić information content (AvgIpc) is 2.33. The summed E-state index contributed by atoms with van der Waals surface area (Å²) < 4.78 is 24.8. The van der Waals surface area contributed by atoms with Gasteiger partial charge in [-0.3, -0.25) is 4.79 Å². The first kappa shape index (κ1) is 17.1. The molecule has 0 aliphatic heterocycles. The van der Waals surface area contributed by atoms with Crippen LogP contribution >= 0.6 is 0 Å². The number of rotatable bonds is 6. The smallest absolute Gasteiger partial charge is 0.336 e. The summed E-state index contributed by atoms with van der Waals surface area (Å²) in [6, 6.07) is 5.81. The Morgan fingerprint density at radius 1 is 1.19 bits per heavy atom. The zero-order chi connectivity index (χ0) is 16.3. The van der Waals surface area contributed by atoms with Gasteiger partial charge in [-0.25, -0.2) is 17.9 Å². The molecule has 0 fully saturated rings. The second kappa shape index (κ2) is 6.23. The molecule has 1 rings (SSSR count). The van der Waals surface area contributed by atoms with Gasteiger partial charge in [0.25, 0.3) is 5.91 Å². The topological polar surface area (TPSA) is 113 Å². The third kappa shape index (κ3) is 5.52. The van der Waals surface area contributed by atoms with Crippen LogP contribution in [0.25, 0.3) is 0 Å². The Bertz CT molecular complexity index is 652. The maximum absolute atomic E-state index is 12.0. The van der Waals surface area contributed by atoms with Gasteiger partial charge in [0.1, 0.15) is 0 Å². The van der Waals surface area contributed by atoms with E-state index in [0.717, 1.165) is 6.26 Å². The van der Waals surface area contributed by atoms with E-state index in [1.165, 1.54) is 18.2 Å². The van der Waals surface area contributed by atoms with Gasteiger partial charge in [0.05, 0.1) is 17.4 Å². The third-order valence-corrected chi connectivity index (χ3v) is 3.48. The number of hydrogen-bond acceptors (Lipinski definition) is 4. The minimum Gasteiger partial charge on any atom is -0.478 e. The van der Waals surface area contributed by atoms with Crippen molar-refractivity contribution in [2.45, 2.75) is 19.4 Å². The lowest BCUT2D eigenvalue weighted by atomic mass is 10.1. The quantitative estimate of drug-likeness (QED) is 0.705. The van der Waals surface area contributed by atoms with E-state index in [9.17, 15) is 18.0 Å². The predicted octanol–water partition coefficient (Wildman–Crippen LogP) is 0.442. The summed E-state index contributed by atoms with van der Waals surface area (Å²) >= 11 is 0. The highest BCUT2D eigenvalue weighted by Gasteiger charge is 2.24. The lowest BCUT2D eigenvalue weighted by Crippen LogP contribution is -2.51. The molecule has 0 heterocycles. The van der Waals surface area contributed by atoms with Crippen molar-refractivity contribution in [1.29, 1.82) is 0 Å². The van der Waals surface area contributed by atoms with E-state index in [0.29, 0.717) is 0 Å². The molecule has 3 N–H and O–H groups in total. The van der Waals surface area contributed by atoms with Crippen LogP contribution in [0.15, 0.2) is 24.3 Å². The highest BCUT2D eigenvalue weighted by atomic mass is 32.2. The van der Waals surface area contributed by atoms with Crippen LogP contribution in [0.5, 0.6) is 0 Å². The maximum atomic E-state index is 12.0. The Labute approximate surface area is 123 Å². The fourth-order valence-electron chi connectivity index (χ4n) is 1.80. The summed E-state index contributed by atoms with van der Waals surface area (Å²) in [7, 11) is -3.41. The molecule has 0 saturated carbocycles. The molecule has 1 aromatic carbocycles. The van der Waals surface area contributed by atoms with Gasteiger partial charge in [0.15, 0.2) is 0 Å². The summed E-state index contributed by atoms with van der Waals surface area (Å²) in [5.41, 5.74) is -0.967. The van der Waals surface area contributed by atoms with E-state index in [-0.39, 0.29) is 17.7 Å². The summed E-state index contributed by atoms with van der Waals surface area (Å²) in [6.07, 6.45) is 1.02. The molecule has 0 aliphatic rings. The molecule has 0 radical (unpaired) electrons. The van der Waals surface area contributed by atoms with Crippen LogP contribution in [-0.2, 0) is 10.0 Å². The first-order valence-corrected chi connectivity index (χ1v) is 8.00. The van der Waals surface area contributed by atoms with Crippen LogP contribution < -0.4 is 10.0 Å². The van der Waals surface area contributed by atoms with Crippen LogP contribution in [-0.4, -0.2) is 43.7 Å². The number of benzene rings is 1. The molecule has 7 nitrogen and oxygen atoms in total. The lowest BCUT2D eigenvalue weighted by Gasteiger charge is -2.25. The van der Waals surface area contributed by atoms with Crippen LogP contribution in [0.1, 0.15) is 34.6 Å². The van der Waals surface area contributed by atoms with Crippen molar-refractivity contribution in [2.24, 2.45) is 0 Å². The second-order valence-corrected chi connectivity index (χ2v) is 7.04. The minimum absolute atomic E-state index is 0.0207. The molecule has 1 aromatic rings. The van der Waals surface area contributed by atoms with Crippen molar-refractivity contribution in [3.8, 4) is 0 Å². The zero-order valence-corrected chi connectivity index (χ0v) is 12.8. The van der Waals surface area contributed by atoms with E-state index >= 15 is 0 Å². The number of amides is 1. The van der Waals surface area contributed by atoms with Gasteiger partial charge in [0.2, 0.25) is 10.0 Å². The monoisotopic (exact) mass is 314 g/mol. The van der Waals surface area contributed by atoms with Gasteiger partial charge < -0.3 is 10.4 Å². The molecule has 116 valence electrons. The minimum atomic E-state index is -3.41. The Kier molecular flexibility index (Phi) is 5.08. The van der Waals surface area contributed by atoms with Crippen LogP contribution in [0.2, 0.25) is 0 Å². The molecule has 0 bridgehead atoms. The van der Waals surface area contributed by atoms with Crippen molar-refractivity contribution in [1.82, 2.24) is 10.0 Å². The number of carbonyl (C=O) groups excluding carboxylic acids is 1. The van der Waals surface area contributed by atoms with Crippen molar-refractivity contribution in [3.63, 3.8) is 0 Å². The largest absolute Gasteiger partial charge is 0.478 e. The number of hydrogen-bond donors (Lipinski definition) is 3. The number of carbonyl (C=O) groups is 2. The summed E-state index contributed by atoms with van der Waals surface area (Å²) in [5.74, 6) is -1.77. The maximum Gasteiger partial charge on any atom is 0.336 e. The molecular weight excluding hydrogens is 296 g/mol. The van der Waals surface area contributed by atoms with E-state index in [1.54, 1.807) is 19.9 Å². The van der Waals surface area contributed by atoms with E-state index in [1.807, 2.05) is 0 Å². The van der Waals surface area contributed by atoms with E-state index in [2.05, 4.69) is 10.0 Å². The molecule has 21 heavy (non-hydrogen) atoms. The molecule has 1 amide bonds. The normalized spacial score (nSPS) is 12.0. The van der Waals surface area contributed by atoms with Crippen LogP contribution in [0, 0.1) is 0 Å². The van der Waals surface area contributed by atoms with E-state index in [4.69, 9.17) is 5.11 Å². The number of sulfonamides is 1. The van der Waals surface area contributed by atoms with Gasteiger partial charge in [-0.05, 0) is 26.0 Å². The Hall–Kier alpha value is -1.93. The van der Waals surface area contributed by atoms with Gasteiger partial charge in [-0.2, -0.15) is 0 Å². The van der Waals surface area contributed by atoms with Crippen LogP contribution in [0.4, 0.5) is 0 Å². The van der Waals surface area contributed by atoms with Crippen LogP contribution in [0.3, 0.4) is 0 Å². The van der Waals surface area contributed by atoms with Crippen molar-refractivity contribution >= 4 is 21.9 Å². The molecule has 0 aliphatic carbocycles. The van der Waals surface area contributed by atoms with Crippen molar-refractivity contribution in [3.05, 3.63) is 35.4 Å². The molecule has 0 aromatic heterocycles. The van der Waals surface area contributed by atoms with Crippen molar-refractivity contribution < 1.29 is 23.1 Å². The fraction of sp³-hybridized carbons (Fsp3) is 0.385.